The third-order valence-electron chi connectivity index (χ3n) is 2.09. The van der Waals surface area contributed by atoms with Crippen molar-refractivity contribution in [1.29, 1.82) is 0 Å². The maximum absolute atomic E-state index is 5.82. The third-order valence-corrected chi connectivity index (χ3v) is 2.27. The Morgan fingerprint density at radius 1 is 1.07 bits per heavy atom. The van der Waals surface area contributed by atoms with Crippen molar-refractivity contribution in [2.24, 2.45) is 5.41 Å². The molecule has 0 atom stereocenters. The van der Waals surface area contributed by atoms with E-state index in [0.717, 1.165) is 6.42 Å². The van der Waals surface area contributed by atoms with Crippen LogP contribution < -0.4 is 0 Å². The van der Waals surface area contributed by atoms with Crippen LogP contribution in [0, 0.1) is 5.41 Å². The number of hydrogen-bond donors (Lipinski definition) is 0. The molecular formula is C11H23ClO2. The van der Waals surface area contributed by atoms with Gasteiger partial charge in [0.25, 0.3) is 0 Å². The molecule has 0 radical (unpaired) electrons. The number of methoxy groups -OCH3 is 1. The summed E-state index contributed by atoms with van der Waals surface area (Å²) >= 11 is 5.69. The molecule has 0 bridgehead atoms. The quantitative estimate of drug-likeness (QED) is 0.617. The van der Waals surface area contributed by atoms with Gasteiger partial charge in [0.05, 0.1) is 18.8 Å². The van der Waals surface area contributed by atoms with Crippen molar-refractivity contribution in [3.05, 3.63) is 0 Å². The van der Waals surface area contributed by atoms with E-state index in [2.05, 4.69) is 27.7 Å². The molecule has 3 heteroatoms. The zero-order valence-electron chi connectivity index (χ0n) is 10.0. The first-order valence-corrected chi connectivity index (χ1v) is 5.55. The minimum absolute atomic E-state index is 0.0678. The SMILES string of the molecule is COCC(C)(C)COC(C)(C)CCCl. The van der Waals surface area contributed by atoms with Gasteiger partial charge in [-0.2, -0.15) is 0 Å². The van der Waals surface area contributed by atoms with E-state index in [4.69, 9.17) is 21.1 Å². The second-order valence-electron chi connectivity index (χ2n) is 5.08. The lowest BCUT2D eigenvalue weighted by Gasteiger charge is -2.31. The van der Waals surface area contributed by atoms with E-state index in [9.17, 15) is 0 Å². The van der Waals surface area contributed by atoms with Gasteiger partial charge in [-0.25, -0.2) is 0 Å². The first-order valence-electron chi connectivity index (χ1n) is 5.02. The van der Waals surface area contributed by atoms with Gasteiger partial charge in [0.1, 0.15) is 0 Å². The average molecular weight is 223 g/mol. The Bertz CT molecular complexity index is 137. The maximum Gasteiger partial charge on any atom is 0.0638 e. The van der Waals surface area contributed by atoms with Gasteiger partial charge in [-0.15, -0.1) is 11.6 Å². The minimum atomic E-state index is -0.132. The van der Waals surface area contributed by atoms with E-state index in [1.54, 1.807) is 7.11 Å². The predicted molar refractivity (Wildman–Crippen MR) is 61.0 cm³/mol. The first-order chi connectivity index (χ1) is 6.33. The molecule has 0 aromatic carbocycles. The fourth-order valence-electron chi connectivity index (χ4n) is 1.12. The van der Waals surface area contributed by atoms with Crippen molar-refractivity contribution in [2.75, 3.05) is 26.2 Å². The Hall–Kier alpha value is 0.210. The van der Waals surface area contributed by atoms with Crippen LogP contribution in [-0.4, -0.2) is 31.8 Å². The lowest BCUT2D eigenvalue weighted by molar-refractivity contribution is -0.0718. The monoisotopic (exact) mass is 222 g/mol. The molecule has 0 N–H and O–H groups in total. The van der Waals surface area contributed by atoms with Crippen molar-refractivity contribution in [2.45, 2.75) is 39.7 Å². The molecule has 0 aliphatic heterocycles. The van der Waals surface area contributed by atoms with Crippen LogP contribution in [0.25, 0.3) is 0 Å². The zero-order chi connectivity index (χ0) is 11.2. The number of alkyl halides is 1. The summed E-state index contributed by atoms with van der Waals surface area (Å²) in [5.74, 6) is 0.637. The van der Waals surface area contributed by atoms with Gasteiger partial charge in [-0.05, 0) is 20.3 Å². The van der Waals surface area contributed by atoms with Crippen LogP contribution in [0.3, 0.4) is 0 Å². The van der Waals surface area contributed by atoms with Crippen LogP contribution >= 0.6 is 11.6 Å². The topological polar surface area (TPSA) is 18.5 Å². The lowest BCUT2D eigenvalue weighted by Crippen LogP contribution is -2.33. The fraction of sp³-hybridized carbons (Fsp3) is 1.00. The molecule has 2 nitrogen and oxygen atoms in total. The van der Waals surface area contributed by atoms with Crippen molar-refractivity contribution in [3.8, 4) is 0 Å². The molecule has 0 spiro atoms. The van der Waals surface area contributed by atoms with Gasteiger partial charge in [0.2, 0.25) is 0 Å². The van der Waals surface area contributed by atoms with Crippen LogP contribution in [0.1, 0.15) is 34.1 Å². The number of rotatable bonds is 7. The van der Waals surface area contributed by atoms with E-state index >= 15 is 0 Å². The normalized spacial score (nSPS) is 13.3. The highest BCUT2D eigenvalue weighted by molar-refractivity contribution is 6.17. The maximum atomic E-state index is 5.82. The van der Waals surface area contributed by atoms with Crippen LogP contribution in [0.2, 0.25) is 0 Å². The second-order valence-corrected chi connectivity index (χ2v) is 5.46. The van der Waals surface area contributed by atoms with Crippen molar-refractivity contribution < 1.29 is 9.47 Å². The molecule has 0 fully saturated rings. The summed E-state index contributed by atoms with van der Waals surface area (Å²) in [6.07, 6.45) is 0.873. The highest BCUT2D eigenvalue weighted by Gasteiger charge is 2.24. The molecule has 0 aliphatic carbocycles. The largest absolute Gasteiger partial charge is 0.384 e. The standard InChI is InChI=1S/C11H23ClO2/c1-10(2,8-13-5)9-14-11(3,4)6-7-12/h6-9H2,1-5H3. The minimum Gasteiger partial charge on any atom is -0.384 e. The van der Waals surface area contributed by atoms with Gasteiger partial charge in [-0.1, -0.05) is 13.8 Å². The molecule has 0 saturated carbocycles. The highest BCUT2D eigenvalue weighted by Crippen LogP contribution is 2.22. The molecule has 0 rings (SSSR count). The number of ether oxygens (including phenoxy) is 2. The molecule has 0 saturated heterocycles. The molecule has 0 unspecified atom stereocenters. The Morgan fingerprint density at radius 3 is 2.07 bits per heavy atom. The molecule has 0 heterocycles. The molecule has 14 heavy (non-hydrogen) atoms. The lowest BCUT2D eigenvalue weighted by atomic mass is 9.95. The summed E-state index contributed by atoms with van der Waals surface area (Å²) in [6, 6.07) is 0. The summed E-state index contributed by atoms with van der Waals surface area (Å²) < 4.78 is 10.9. The van der Waals surface area contributed by atoms with Crippen LogP contribution in [-0.2, 0) is 9.47 Å². The Morgan fingerprint density at radius 2 is 1.64 bits per heavy atom. The Balaban J connectivity index is 3.90. The molecule has 0 aromatic heterocycles. The zero-order valence-corrected chi connectivity index (χ0v) is 10.8. The van der Waals surface area contributed by atoms with Crippen LogP contribution in [0.15, 0.2) is 0 Å². The van der Waals surface area contributed by atoms with Crippen molar-refractivity contribution >= 4 is 11.6 Å². The Labute approximate surface area is 92.9 Å². The van der Waals surface area contributed by atoms with E-state index in [0.29, 0.717) is 19.1 Å². The predicted octanol–water partition coefficient (Wildman–Crippen LogP) is 3.08. The van der Waals surface area contributed by atoms with E-state index < -0.39 is 0 Å². The number of halogens is 1. The van der Waals surface area contributed by atoms with Gasteiger partial charge in [0, 0.05) is 18.4 Å². The van der Waals surface area contributed by atoms with Crippen LogP contribution in [0.4, 0.5) is 0 Å². The molecule has 0 aliphatic rings. The molecule has 86 valence electrons. The third kappa shape index (κ3) is 6.63. The van der Waals surface area contributed by atoms with Crippen molar-refractivity contribution in [3.63, 3.8) is 0 Å². The van der Waals surface area contributed by atoms with Gasteiger partial charge in [-0.3, -0.25) is 0 Å². The van der Waals surface area contributed by atoms with Crippen molar-refractivity contribution in [1.82, 2.24) is 0 Å². The average Bonchev–Trinajstić information content (AvgIpc) is 2.01. The summed E-state index contributed by atoms with van der Waals surface area (Å²) in [5.41, 5.74) is -0.0644. The van der Waals surface area contributed by atoms with E-state index in [1.807, 2.05) is 0 Å². The highest BCUT2D eigenvalue weighted by atomic mass is 35.5. The van der Waals surface area contributed by atoms with E-state index in [-0.39, 0.29) is 11.0 Å². The van der Waals surface area contributed by atoms with Gasteiger partial charge >= 0.3 is 0 Å². The molecule has 0 aromatic rings. The van der Waals surface area contributed by atoms with E-state index in [1.165, 1.54) is 0 Å². The summed E-state index contributed by atoms with van der Waals surface area (Å²) in [6.45, 7) is 9.81. The smallest absolute Gasteiger partial charge is 0.0638 e. The first kappa shape index (κ1) is 14.2. The summed E-state index contributed by atoms with van der Waals surface area (Å²) in [5, 5.41) is 0. The van der Waals surface area contributed by atoms with Gasteiger partial charge in [0.15, 0.2) is 0 Å². The Kier molecular flexibility index (Phi) is 6.03. The number of hydrogen-bond acceptors (Lipinski definition) is 2. The molecular weight excluding hydrogens is 200 g/mol. The fourth-order valence-corrected chi connectivity index (χ4v) is 1.58. The summed E-state index contributed by atoms with van der Waals surface area (Å²) in [7, 11) is 1.71. The van der Waals surface area contributed by atoms with Gasteiger partial charge < -0.3 is 9.47 Å². The van der Waals surface area contributed by atoms with Crippen LogP contribution in [0.5, 0.6) is 0 Å². The second kappa shape index (κ2) is 5.94. The molecule has 0 amide bonds. The summed E-state index contributed by atoms with van der Waals surface area (Å²) in [4.78, 5) is 0.